The van der Waals surface area contributed by atoms with E-state index < -0.39 is 0 Å². The Morgan fingerprint density at radius 3 is 2.38 bits per heavy atom. The van der Waals surface area contributed by atoms with E-state index in [4.69, 9.17) is 4.74 Å². The van der Waals surface area contributed by atoms with E-state index >= 15 is 0 Å². The van der Waals surface area contributed by atoms with Crippen molar-refractivity contribution in [3.8, 4) is 5.75 Å². The summed E-state index contributed by atoms with van der Waals surface area (Å²) in [7, 11) is 1.73. The normalized spacial score (nSPS) is 16.9. The summed E-state index contributed by atoms with van der Waals surface area (Å²) in [5.74, 6) is 0.944. The van der Waals surface area contributed by atoms with E-state index in [1.165, 1.54) is 70.0 Å². The molecule has 1 fully saturated rings. The van der Waals surface area contributed by atoms with Crippen LogP contribution in [0.5, 0.6) is 5.75 Å². The molecule has 1 aliphatic rings. The Kier molecular flexibility index (Phi) is 9.22. The van der Waals surface area contributed by atoms with Gasteiger partial charge in [0.25, 0.3) is 0 Å². The first kappa shape index (κ1) is 19.3. The molecule has 1 aromatic rings. The van der Waals surface area contributed by atoms with Crippen molar-refractivity contribution >= 4 is 0 Å². The molecular weight excluding hydrogens is 296 g/mol. The number of piperidine rings is 1. The molecule has 0 amide bonds. The van der Waals surface area contributed by atoms with Crippen molar-refractivity contribution in [1.82, 2.24) is 10.2 Å². The Hall–Kier alpha value is -1.06. The molecule has 1 heterocycles. The molecule has 24 heavy (non-hydrogen) atoms. The SMILES string of the molecule is CCCCCCCNCC(c1ccc(OC)cc1)N1CCCCC1. The van der Waals surface area contributed by atoms with Crippen LogP contribution in [0.15, 0.2) is 24.3 Å². The predicted octanol–water partition coefficient (Wildman–Crippen LogP) is 4.78. The highest BCUT2D eigenvalue weighted by molar-refractivity contribution is 5.29. The van der Waals surface area contributed by atoms with Crippen LogP contribution < -0.4 is 10.1 Å². The Balaban J connectivity index is 1.85. The van der Waals surface area contributed by atoms with E-state index in [0.29, 0.717) is 6.04 Å². The smallest absolute Gasteiger partial charge is 0.118 e. The number of hydrogen-bond donors (Lipinski definition) is 1. The molecule has 0 bridgehead atoms. The fourth-order valence-corrected chi connectivity index (χ4v) is 3.61. The lowest BCUT2D eigenvalue weighted by atomic mass is 10.0. The first-order chi connectivity index (χ1) is 11.8. The van der Waals surface area contributed by atoms with Gasteiger partial charge in [0, 0.05) is 12.6 Å². The second-order valence-corrected chi connectivity index (χ2v) is 7.00. The van der Waals surface area contributed by atoms with Crippen LogP contribution in [-0.4, -0.2) is 38.2 Å². The first-order valence-electron chi connectivity index (χ1n) is 9.94. The summed E-state index contributed by atoms with van der Waals surface area (Å²) >= 11 is 0. The zero-order valence-electron chi connectivity index (χ0n) is 15.7. The summed E-state index contributed by atoms with van der Waals surface area (Å²) in [6, 6.07) is 9.16. The van der Waals surface area contributed by atoms with Crippen molar-refractivity contribution in [3.63, 3.8) is 0 Å². The summed E-state index contributed by atoms with van der Waals surface area (Å²) in [5, 5.41) is 3.71. The van der Waals surface area contributed by atoms with Crippen molar-refractivity contribution in [3.05, 3.63) is 29.8 Å². The highest BCUT2D eigenvalue weighted by Gasteiger charge is 2.21. The number of nitrogens with zero attached hydrogens (tertiary/aromatic N) is 1. The summed E-state index contributed by atoms with van der Waals surface area (Å²) in [4.78, 5) is 2.66. The number of nitrogens with one attached hydrogen (secondary N) is 1. The molecule has 0 aliphatic carbocycles. The number of rotatable bonds is 11. The van der Waals surface area contributed by atoms with Gasteiger partial charge in [-0.2, -0.15) is 0 Å². The minimum atomic E-state index is 0.492. The predicted molar refractivity (Wildman–Crippen MR) is 103 cm³/mol. The average molecular weight is 333 g/mol. The van der Waals surface area contributed by atoms with Crippen LogP contribution in [0.25, 0.3) is 0 Å². The van der Waals surface area contributed by atoms with Crippen molar-refractivity contribution in [1.29, 1.82) is 0 Å². The molecule has 3 nitrogen and oxygen atoms in total. The number of likely N-dealkylation sites (tertiary alicyclic amines) is 1. The van der Waals surface area contributed by atoms with E-state index in [1.54, 1.807) is 7.11 Å². The molecule has 3 heteroatoms. The lowest BCUT2D eigenvalue weighted by Gasteiger charge is -2.35. The zero-order chi connectivity index (χ0) is 17.0. The third kappa shape index (κ3) is 6.45. The highest BCUT2D eigenvalue weighted by atomic mass is 16.5. The Labute approximate surface area is 148 Å². The lowest BCUT2D eigenvalue weighted by molar-refractivity contribution is 0.160. The Bertz CT molecular complexity index is 426. The second kappa shape index (κ2) is 11.5. The summed E-state index contributed by atoms with van der Waals surface area (Å²) in [5.41, 5.74) is 1.41. The zero-order valence-corrected chi connectivity index (χ0v) is 15.7. The van der Waals surface area contributed by atoms with Gasteiger partial charge in [0.2, 0.25) is 0 Å². The van der Waals surface area contributed by atoms with Gasteiger partial charge in [-0.15, -0.1) is 0 Å². The van der Waals surface area contributed by atoms with Gasteiger partial charge in [-0.25, -0.2) is 0 Å². The van der Waals surface area contributed by atoms with Crippen LogP contribution in [0.2, 0.25) is 0 Å². The molecule has 1 unspecified atom stereocenters. The van der Waals surface area contributed by atoms with E-state index in [0.717, 1.165) is 18.8 Å². The number of unbranched alkanes of at least 4 members (excludes halogenated alkanes) is 4. The molecule has 1 aromatic carbocycles. The molecule has 0 spiro atoms. The van der Waals surface area contributed by atoms with Crippen LogP contribution in [0, 0.1) is 0 Å². The fourth-order valence-electron chi connectivity index (χ4n) is 3.61. The molecule has 1 saturated heterocycles. The van der Waals surface area contributed by atoms with Gasteiger partial charge < -0.3 is 10.1 Å². The average Bonchev–Trinajstić information content (AvgIpc) is 2.65. The van der Waals surface area contributed by atoms with Gasteiger partial charge in [0.05, 0.1) is 7.11 Å². The monoisotopic (exact) mass is 332 g/mol. The molecule has 0 aromatic heterocycles. The van der Waals surface area contributed by atoms with Crippen molar-refractivity contribution in [2.45, 2.75) is 64.3 Å². The summed E-state index contributed by atoms with van der Waals surface area (Å²) in [6.07, 6.45) is 10.8. The second-order valence-electron chi connectivity index (χ2n) is 7.00. The summed E-state index contributed by atoms with van der Waals surface area (Å²) in [6.45, 7) is 6.93. The van der Waals surface area contributed by atoms with E-state index in [9.17, 15) is 0 Å². The fraction of sp³-hybridized carbons (Fsp3) is 0.714. The molecular formula is C21H36N2O. The maximum Gasteiger partial charge on any atom is 0.118 e. The van der Waals surface area contributed by atoms with Crippen molar-refractivity contribution in [2.24, 2.45) is 0 Å². The van der Waals surface area contributed by atoms with Gasteiger partial charge in [0.15, 0.2) is 0 Å². The number of hydrogen-bond acceptors (Lipinski definition) is 3. The van der Waals surface area contributed by atoms with Crippen LogP contribution >= 0.6 is 0 Å². The van der Waals surface area contributed by atoms with Gasteiger partial charge in [-0.1, -0.05) is 51.2 Å². The van der Waals surface area contributed by atoms with Gasteiger partial charge in [-0.3, -0.25) is 4.90 Å². The molecule has 1 aliphatic heterocycles. The van der Waals surface area contributed by atoms with Gasteiger partial charge in [0.1, 0.15) is 5.75 Å². The van der Waals surface area contributed by atoms with E-state index in [2.05, 4.69) is 41.4 Å². The number of ether oxygens (including phenoxy) is 1. The Morgan fingerprint density at radius 1 is 1.00 bits per heavy atom. The third-order valence-corrected chi connectivity index (χ3v) is 5.13. The van der Waals surface area contributed by atoms with Gasteiger partial charge in [-0.05, 0) is 56.6 Å². The van der Waals surface area contributed by atoms with Gasteiger partial charge >= 0.3 is 0 Å². The largest absolute Gasteiger partial charge is 0.497 e. The third-order valence-electron chi connectivity index (χ3n) is 5.13. The van der Waals surface area contributed by atoms with Crippen molar-refractivity contribution in [2.75, 3.05) is 33.3 Å². The molecule has 0 saturated carbocycles. The quantitative estimate of drug-likeness (QED) is 0.590. The number of benzene rings is 1. The molecule has 0 radical (unpaired) electrons. The highest BCUT2D eigenvalue weighted by Crippen LogP contribution is 2.25. The van der Waals surface area contributed by atoms with Crippen LogP contribution in [0.4, 0.5) is 0 Å². The Morgan fingerprint density at radius 2 is 1.71 bits per heavy atom. The standard InChI is InChI=1S/C21H36N2O/c1-3-4-5-6-8-15-22-18-21(23-16-9-7-10-17-23)19-11-13-20(24-2)14-12-19/h11-14,21-22H,3-10,15-18H2,1-2H3. The first-order valence-corrected chi connectivity index (χ1v) is 9.94. The lowest BCUT2D eigenvalue weighted by Crippen LogP contribution is -2.39. The molecule has 1 atom stereocenters. The molecule has 2 rings (SSSR count). The van der Waals surface area contributed by atoms with Crippen molar-refractivity contribution < 1.29 is 4.74 Å². The van der Waals surface area contributed by atoms with Crippen LogP contribution in [0.1, 0.15) is 69.9 Å². The maximum atomic E-state index is 5.31. The molecule has 1 N–H and O–H groups in total. The van der Waals surface area contributed by atoms with E-state index in [-0.39, 0.29) is 0 Å². The maximum absolute atomic E-state index is 5.31. The molecule has 136 valence electrons. The minimum Gasteiger partial charge on any atom is -0.497 e. The van der Waals surface area contributed by atoms with Crippen LogP contribution in [-0.2, 0) is 0 Å². The summed E-state index contributed by atoms with van der Waals surface area (Å²) < 4.78 is 5.31. The minimum absolute atomic E-state index is 0.492. The number of methoxy groups -OCH3 is 1. The topological polar surface area (TPSA) is 24.5 Å². The van der Waals surface area contributed by atoms with E-state index in [1.807, 2.05) is 0 Å². The van der Waals surface area contributed by atoms with Crippen LogP contribution in [0.3, 0.4) is 0 Å².